The van der Waals surface area contributed by atoms with E-state index in [1.807, 2.05) is 38.1 Å². The van der Waals surface area contributed by atoms with Gasteiger partial charge in [0.25, 0.3) is 0 Å². The third-order valence-electron chi connectivity index (χ3n) is 5.24. The number of carbonyl (C=O) groups is 1. The van der Waals surface area contributed by atoms with Crippen LogP contribution in [0.2, 0.25) is 0 Å². The van der Waals surface area contributed by atoms with Crippen molar-refractivity contribution in [2.45, 2.75) is 59.3 Å². The third-order valence-corrected chi connectivity index (χ3v) is 5.24. The van der Waals surface area contributed by atoms with E-state index in [9.17, 15) is 4.79 Å². The van der Waals surface area contributed by atoms with Crippen LogP contribution in [0.25, 0.3) is 0 Å². The summed E-state index contributed by atoms with van der Waals surface area (Å²) in [6, 6.07) is 8.10. The Morgan fingerprint density at radius 3 is 2.64 bits per heavy atom. The highest BCUT2D eigenvalue weighted by molar-refractivity contribution is 6.06. The summed E-state index contributed by atoms with van der Waals surface area (Å²) in [6.45, 7) is 13.5. The third kappa shape index (κ3) is 5.54. The molecule has 1 atom stereocenters. The minimum Gasteiger partial charge on any atom is -0.494 e. The molecular weight excluding hydrogens is 346 g/mol. The van der Waals surface area contributed by atoms with E-state index in [-0.39, 0.29) is 11.7 Å². The molecule has 3 nitrogen and oxygen atoms in total. The van der Waals surface area contributed by atoms with Crippen molar-refractivity contribution in [3.63, 3.8) is 0 Å². The Hall–Kier alpha value is -2.42. The molecule has 1 unspecified atom stereocenters. The number of aliphatic imine (C=N–C) groups is 1. The minimum absolute atomic E-state index is 0.127. The number of allylic oxidation sites excluding steroid dienone is 4. The summed E-state index contributed by atoms with van der Waals surface area (Å²) in [5.74, 6) is 1.16. The molecule has 0 spiro atoms. The van der Waals surface area contributed by atoms with Gasteiger partial charge in [-0.1, -0.05) is 50.6 Å². The summed E-state index contributed by atoms with van der Waals surface area (Å²) in [5.41, 5.74) is 5.07. The fourth-order valence-corrected chi connectivity index (χ4v) is 3.62. The van der Waals surface area contributed by atoms with Gasteiger partial charge in [-0.05, 0) is 62.0 Å². The molecule has 0 saturated carbocycles. The van der Waals surface area contributed by atoms with Crippen LogP contribution in [0.3, 0.4) is 0 Å². The second kappa shape index (κ2) is 10.8. The monoisotopic (exact) mass is 379 g/mol. The fraction of sp³-hybridized carbons (Fsp3) is 0.440. The Bertz CT molecular complexity index is 799. The number of hydrogen-bond donors (Lipinski definition) is 0. The molecule has 0 radical (unpaired) electrons. The molecule has 0 saturated heterocycles. The van der Waals surface area contributed by atoms with E-state index in [1.54, 1.807) is 6.08 Å². The first-order chi connectivity index (χ1) is 13.5. The van der Waals surface area contributed by atoms with E-state index in [4.69, 9.17) is 4.74 Å². The van der Waals surface area contributed by atoms with Crippen LogP contribution in [0.15, 0.2) is 64.7 Å². The van der Waals surface area contributed by atoms with Crippen molar-refractivity contribution in [1.82, 2.24) is 0 Å². The zero-order valence-electron chi connectivity index (χ0n) is 17.8. The molecule has 0 aliphatic carbocycles. The van der Waals surface area contributed by atoms with Crippen LogP contribution in [-0.2, 0) is 4.79 Å². The molecule has 2 rings (SSSR count). The van der Waals surface area contributed by atoms with Crippen molar-refractivity contribution < 1.29 is 9.53 Å². The zero-order valence-corrected chi connectivity index (χ0v) is 17.8. The number of rotatable bonds is 11. The van der Waals surface area contributed by atoms with Crippen molar-refractivity contribution in [3.05, 3.63) is 65.3 Å². The molecule has 0 fully saturated rings. The molecule has 0 aromatic heterocycles. The summed E-state index contributed by atoms with van der Waals surface area (Å²) in [7, 11) is 0. The maximum Gasteiger partial charge on any atom is 0.163 e. The van der Waals surface area contributed by atoms with Gasteiger partial charge in [0.1, 0.15) is 5.75 Å². The van der Waals surface area contributed by atoms with E-state index in [0.717, 1.165) is 48.4 Å². The second-order valence-corrected chi connectivity index (χ2v) is 7.34. The molecule has 1 aliphatic heterocycles. The summed E-state index contributed by atoms with van der Waals surface area (Å²) in [4.78, 5) is 17.6. The SMILES string of the molecule is C=C/C(=C\C1=C(C)CN=C1C)C(=O)CC(CCCC)c1ccccc1OCC. The van der Waals surface area contributed by atoms with Crippen LogP contribution in [-0.4, -0.2) is 24.6 Å². The van der Waals surface area contributed by atoms with Gasteiger partial charge in [-0.3, -0.25) is 9.79 Å². The standard InChI is InChI=1S/C25H33NO2/c1-6-9-12-21(22-13-10-11-14-25(22)28-8-3)16-24(27)20(7-2)15-23-18(4)17-26-19(23)5/h7,10-11,13-15,21H,2,6,8-9,12,16-17H2,1,3-5H3/b20-15+. The normalized spacial score (nSPS) is 15.4. The van der Waals surface area contributed by atoms with Crippen molar-refractivity contribution in [2.75, 3.05) is 13.2 Å². The highest BCUT2D eigenvalue weighted by atomic mass is 16.5. The second-order valence-electron chi connectivity index (χ2n) is 7.34. The number of unbranched alkanes of at least 4 members (excludes halogenated alkanes) is 1. The molecule has 150 valence electrons. The zero-order chi connectivity index (χ0) is 20.5. The van der Waals surface area contributed by atoms with E-state index < -0.39 is 0 Å². The van der Waals surface area contributed by atoms with Gasteiger partial charge in [0.2, 0.25) is 0 Å². The molecule has 0 N–H and O–H groups in total. The number of hydrogen-bond acceptors (Lipinski definition) is 3. The van der Waals surface area contributed by atoms with Gasteiger partial charge in [0.05, 0.1) is 13.2 Å². The lowest BCUT2D eigenvalue weighted by atomic mass is 9.86. The van der Waals surface area contributed by atoms with E-state index in [0.29, 0.717) is 18.6 Å². The summed E-state index contributed by atoms with van der Waals surface area (Å²) in [6.07, 6.45) is 7.26. The predicted octanol–water partition coefficient (Wildman–Crippen LogP) is 6.22. The summed E-state index contributed by atoms with van der Waals surface area (Å²) < 4.78 is 5.83. The first kappa shape index (κ1) is 21.9. The van der Waals surface area contributed by atoms with Crippen LogP contribution >= 0.6 is 0 Å². The van der Waals surface area contributed by atoms with Crippen molar-refractivity contribution in [2.24, 2.45) is 4.99 Å². The molecule has 0 amide bonds. The lowest BCUT2D eigenvalue weighted by molar-refractivity contribution is -0.115. The molecule has 1 aliphatic rings. The van der Waals surface area contributed by atoms with Crippen molar-refractivity contribution in [3.8, 4) is 5.75 Å². The maximum absolute atomic E-state index is 13.1. The molecule has 1 heterocycles. The van der Waals surface area contributed by atoms with Gasteiger partial charge in [0.15, 0.2) is 5.78 Å². The topological polar surface area (TPSA) is 38.7 Å². The Balaban J connectivity index is 2.28. The number of para-hydroxylation sites is 1. The quantitative estimate of drug-likeness (QED) is 0.338. The average Bonchev–Trinajstić information content (AvgIpc) is 3.01. The smallest absolute Gasteiger partial charge is 0.163 e. The lowest BCUT2D eigenvalue weighted by Crippen LogP contribution is -2.11. The molecule has 0 bridgehead atoms. The Kier molecular flexibility index (Phi) is 8.43. The van der Waals surface area contributed by atoms with Crippen LogP contribution in [0.5, 0.6) is 5.75 Å². The Labute approximate surface area is 169 Å². The number of ketones is 1. The van der Waals surface area contributed by atoms with Gasteiger partial charge in [-0.15, -0.1) is 0 Å². The highest BCUT2D eigenvalue weighted by Crippen LogP contribution is 2.34. The van der Waals surface area contributed by atoms with E-state index >= 15 is 0 Å². The first-order valence-corrected chi connectivity index (χ1v) is 10.3. The molecular formula is C25H33NO2. The first-order valence-electron chi connectivity index (χ1n) is 10.3. The summed E-state index contributed by atoms with van der Waals surface area (Å²) >= 11 is 0. The van der Waals surface area contributed by atoms with Gasteiger partial charge >= 0.3 is 0 Å². The van der Waals surface area contributed by atoms with Gasteiger partial charge in [-0.2, -0.15) is 0 Å². The van der Waals surface area contributed by atoms with E-state index in [2.05, 4.69) is 31.5 Å². The Morgan fingerprint density at radius 2 is 2.04 bits per heavy atom. The van der Waals surface area contributed by atoms with Crippen molar-refractivity contribution in [1.29, 1.82) is 0 Å². The average molecular weight is 380 g/mol. The number of ether oxygens (including phenoxy) is 1. The minimum atomic E-state index is 0.127. The Morgan fingerprint density at radius 1 is 1.29 bits per heavy atom. The molecule has 28 heavy (non-hydrogen) atoms. The lowest BCUT2D eigenvalue weighted by Gasteiger charge is -2.20. The maximum atomic E-state index is 13.1. The van der Waals surface area contributed by atoms with Crippen LogP contribution in [0.4, 0.5) is 0 Å². The number of carbonyl (C=O) groups excluding carboxylic acids is 1. The van der Waals surface area contributed by atoms with E-state index in [1.165, 1.54) is 5.57 Å². The number of Topliss-reactive ketones (excluding diaryl/α,β-unsaturated/α-hetero) is 1. The highest BCUT2D eigenvalue weighted by Gasteiger charge is 2.21. The van der Waals surface area contributed by atoms with Crippen LogP contribution in [0, 0.1) is 0 Å². The van der Waals surface area contributed by atoms with Crippen LogP contribution < -0.4 is 4.74 Å². The fourth-order valence-electron chi connectivity index (χ4n) is 3.62. The van der Waals surface area contributed by atoms with Crippen molar-refractivity contribution >= 4 is 11.5 Å². The largest absolute Gasteiger partial charge is 0.494 e. The predicted molar refractivity (Wildman–Crippen MR) is 118 cm³/mol. The summed E-state index contributed by atoms with van der Waals surface area (Å²) in [5, 5.41) is 0. The molecule has 1 aromatic carbocycles. The number of nitrogens with zero attached hydrogens (tertiary/aromatic N) is 1. The van der Waals surface area contributed by atoms with Crippen LogP contribution in [0.1, 0.15) is 64.9 Å². The van der Waals surface area contributed by atoms with Gasteiger partial charge in [0, 0.05) is 17.7 Å². The molecule has 3 heteroatoms. The van der Waals surface area contributed by atoms with Gasteiger partial charge in [-0.25, -0.2) is 0 Å². The number of benzene rings is 1. The van der Waals surface area contributed by atoms with Gasteiger partial charge < -0.3 is 4.74 Å². The molecule has 1 aromatic rings.